The van der Waals surface area contributed by atoms with Crippen molar-refractivity contribution in [2.24, 2.45) is 11.8 Å². The summed E-state index contributed by atoms with van der Waals surface area (Å²) in [7, 11) is 1.61. The number of hydrogen-bond acceptors (Lipinski definition) is 4. The summed E-state index contributed by atoms with van der Waals surface area (Å²) in [5, 5.41) is 11.6. The summed E-state index contributed by atoms with van der Waals surface area (Å²) in [6.07, 6.45) is 3.02. The predicted octanol–water partition coefficient (Wildman–Crippen LogP) is 1.57. The molecule has 6 heteroatoms. The molecule has 0 unspecified atom stereocenters. The highest BCUT2D eigenvalue weighted by Gasteiger charge is 2.42. The van der Waals surface area contributed by atoms with Crippen LogP contribution in [0.15, 0.2) is 18.3 Å². The van der Waals surface area contributed by atoms with Gasteiger partial charge >= 0.3 is 6.09 Å². The Labute approximate surface area is 117 Å². The van der Waals surface area contributed by atoms with Crippen LogP contribution >= 0.6 is 0 Å². The van der Waals surface area contributed by atoms with E-state index in [1.165, 1.54) is 0 Å². The summed E-state index contributed by atoms with van der Waals surface area (Å²) in [4.78, 5) is 17.3. The number of methoxy groups -OCH3 is 1. The summed E-state index contributed by atoms with van der Waals surface area (Å²) in [6.45, 7) is 1.77. The Morgan fingerprint density at radius 2 is 2.15 bits per heavy atom. The Morgan fingerprint density at radius 1 is 1.45 bits per heavy atom. The van der Waals surface area contributed by atoms with Crippen molar-refractivity contribution in [1.82, 2.24) is 10.3 Å². The fourth-order valence-corrected chi connectivity index (χ4v) is 3.52. The molecule has 2 heterocycles. The molecular weight excluding hydrogens is 258 g/mol. The maximum Gasteiger partial charge on any atom is 0.404 e. The molecule has 20 heavy (non-hydrogen) atoms. The Bertz CT molecular complexity index is 494. The number of hydrogen-bond donors (Lipinski definition) is 2. The van der Waals surface area contributed by atoms with Crippen molar-refractivity contribution in [3.8, 4) is 5.88 Å². The highest BCUT2D eigenvalue weighted by Crippen LogP contribution is 2.38. The van der Waals surface area contributed by atoms with Gasteiger partial charge in [-0.2, -0.15) is 0 Å². The summed E-state index contributed by atoms with van der Waals surface area (Å²) in [5.41, 5.74) is 1.10. The topological polar surface area (TPSA) is 74.7 Å². The van der Waals surface area contributed by atoms with Crippen LogP contribution in [0, 0.1) is 11.8 Å². The number of carboxylic acid groups (broad SMARTS) is 1. The number of rotatable bonds is 3. The first-order valence-corrected chi connectivity index (χ1v) is 6.92. The zero-order valence-corrected chi connectivity index (χ0v) is 11.5. The SMILES string of the molecule is COc1cc(N2C[C@H]3CC[C@@H](C2)[C@@H]3NC(=O)O)ccn1. The number of anilines is 1. The fourth-order valence-electron chi connectivity index (χ4n) is 3.52. The van der Waals surface area contributed by atoms with Crippen molar-refractivity contribution in [3.63, 3.8) is 0 Å². The van der Waals surface area contributed by atoms with Gasteiger partial charge in [0.15, 0.2) is 0 Å². The highest BCUT2D eigenvalue weighted by atomic mass is 16.5. The van der Waals surface area contributed by atoms with Crippen LogP contribution in [0.5, 0.6) is 5.88 Å². The van der Waals surface area contributed by atoms with Gasteiger partial charge in [0.1, 0.15) is 0 Å². The molecule has 2 aliphatic rings. The molecule has 108 valence electrons. The van der Waals surface area contributed by atoms with E-state index < -0.39 is 6.09 Å². The van der Waals surface area contributed by atoms with Gasteiger partial charge in [-0.25, -0.2) is 9.78 Å². The molecule has 1 aromatic heterocycles. The van der Waals surface area contributed by atoms with E-state index in [0.29, 0.717) is 17.7 Å². The summed E-state index contributed by atoms with van der Waals surface area (Å²) < 4.78 is 5.16. The lowest BCUT2D eigenvalue weighted by Gasteiger charge is -2.39. The molecule has 2 N–H and O–H groups in total. The number of carbonyl (C=O) groups is 1. The lowest BCUT2D eigenvalue weighted by atomic mass is 9.92. The molecule has 1 saturated carbocycles. The van der Waals surface area contributed by atoms with E-state index in [2.05, 4.69) is 15.2 Å². The smallest absolute Gasteiger partial charge is 0.404 e. The number of nitrogens with zero attached hydrogens (tertiary/aromatic N) is 2. The van der Waals surface area contributed by atoms with Crippen molar-refractivity contribution in [1.29, 1.82) is 0 Å². The van der Waals surface area contributed by atoms with Gasteiger partial charge in [-0.15, -0.1) is 0 Å². The van der Waals surface area contributed by atoms with Gasteiger partial charge in [0.25, 0.3) is 0 Å². The van der Waals surface area contributed by atoms with E-state index in [1.54, 1.807) is 13.3 Å². The van der Waals surface area contributed by atoms with Crippen molar-refractivity contribution in [2.75, 3.05) is 25.1 Å². The third-order valence-corrected chi connectivity index (χ3v) is 4.42. The number of nitrogens with one attached hydrogen (secondary N) is 1. The molecule has 6 nitrogen and oxygen atoms in total. The van der Waals surface area contributed by atoms with Gasteiger partial charge in [0.2, 0.25) is 5.88 Å². The minimum Gasteiger partial charge on any atom is -0.481 e. The van der Waals surface area contributed by atoms with Crippen LogP contribution in [-0.2, 0) is 0 Å². The van der Waals surface area contributed by atoms with Crippen molar-refractivity contribution in [2.45, 2.75) is 18.9 Å². The third kappa shape index (κ3) is 2.37. The van der Waals surface area contributed by atoms with Crippen LogP contribution in [-0.4, -0.2) is 42.4 Å². The molecule has 1 aromatic rings. The normalized spacial score (nSPS) is 28.2. The first-order chi connectivity index (χ1) is 9.67. The minimum absolute atomic E-state index is 0.104. The highest BCUT2D eigenvalue weighted by molar-refractivity contribution is 5.65. The number of pyridine rings is 1. The van der Waals surface area contributed by atoms with Gasteiger partial charge < -0.3 is 20.1 Å². The van der Waals surface area contributed by atoms with E-state index in [9.17, 15) is 4.79 Å². The third-order valence-electron chi connectivity index (χ3n) is 4.42. The van der Waals surface area contributed by atoms with E-state index in [-0.39, 0.29) is 6.04 Å². The van der Waals surface area contributed by atoms with Gasteiger partial charge in [0, 0.05) is 37.1 Å². The Kier molecular flexibility index (Phi) is 3.38. The lowest BCUT2D eigenvalue weighted by molar-refractivity contribution is 0.178. The standard InChI is InChI=1S/C14H19N3O3/c1-20-12-6-11(4-5-15-12)17-7-9-2-3-10(8-17)13(9)16-14(18)19/h4-6,9-10,13,16H,2-3,7-8H2,1H3,(H,18,19)/t9-,10+,13-. The fraction of sp³-hybridized carbons (Fsp3) is 0.571. The monoisotopic (exact) mass is 277 g/mol. The van der Waals surface area contributed by atoms with Gasteiger partial charge in [-0.3, -0.25) is 0 Å². The lowest BCUT2D eigenvalue weighted by Crippen LogP contribution is -2.52. The van der Waals surface area contributed by atoms with Gasteiger partial charge in [-0.05, 0) is 30.7 Å². The molecule has 1 saturated heterocycles. The number of ether oxygens (including phenoxy) is 1. The van der Waals surface area contributed by atoms with E-state index in [1.807, 2.05) is 12.1 Å². The molecule has 0 spiro atoms. The molecule has 3 rings (SSSR count). The maximum absolute atomic E-state index is 10.9. The summed E-state index contributed by atoms with van der Waals surface area (Å²) >= 11 is 0. The minimum atomic E-state index is -0.911. The molecule has 0 radical (unpaired) electrons. The number of aromatic nitrogens is 1. The maximum atomic E-state index is 10.9. The van der Waals surface area contributed by atoms with Crippen molar-refractivity contribution < 1.29 is 14.6 Å². The van der Waals surface area contributed by atoms with Crippen LogP contribution in [0.3, 0.4) is 0 Å². The molecule has 0 aromatic carbocycles. The molecule has 3 atom stereocenters. The second kappa shape index (κ2) is 5.19. The molecule has 2 bridgehead atoms. The van der Waals surface area contributed by atoms with Crippen molar-refractivity contribution in [3.05, 3.63) is 18.3 Å². The van der Waals surface area contributed by atoms with Crippen molar-refractivity contribution >= 4 is 11.8 Å². The Hall–Kier alpha value is -1.98. The van der Waals surface area contributed by atoms with Crippen LogP contribution in [0.1, 0.15) is 12.8 Å². The molecule has 1 amide bonds. The largest absolute Gasteiger partial charge is 0.481 e. The van der Waals surface area contributed by atoms with E-state index in [4.69, 9.17) is 9.84 Å². The average Bonchev–Trinajstić information content (AvgIpc) is 2.69. The van der Waals surface area contributed by atoms with E-state index in [0.717, 1.165) is 31.6 Å². The predicted molar refractivity (Wildman–Crippen MR) is 74.2 cm³/mol. The average molecular weight is 277 g/mol. The first kappa shape index (κ1) is 13.0. The van der Waals surface area contributed by atoms with Crippen LogP contribution < -0.4 is 15.0 Å². The molecule has 2 fully saturated rings. The summed E-state index contributed by atoms with van der Waals surface area (Å²) in [5.74, 6) is 1.40. The number of piperidine rings is 1. The number of fused-ring (bicyclic) bond motifs is 2. The van der Waals surface area contributed by atoms with Gasteiger partial charge in [0.05, 0.1) is 7.11 Å². The van der Waals surface area contributed by atoms with Crippen LogP contribution in [0.2, 0.25) is 0 Å². The zero-order chi connectivity index (χ0) is 14.1. The van der Waals surface area contributed by atoms with Crippen LogP contribution in [0.4, 0.5) is 10.5 Å². The summed E-state index contributed by atoms with van der Waals surface area (Å²) in [6, 6.07) is 4.02. The molecular formula is C14H19N3O3. The second-order valence-electron chi connectivity index (χ2n) is 5.53. The quantitative estimate of drug-likeness (QED) is 0.877. The first-order valence-electron chi connectivity index (χ1n) is 6.92. The van der Waals surface area contributed by atoms with Gasteiger partial charge in [-0.1, -0.05) is 0 Å². The van der Waals surface area contributed by atoms with E-state index >= 15 is 0 Å². The Morgan fingerprint density at radius 3 is 2.75 bits per heavy atom. The zero-order valence-electron chi connectivity index (χ0n) is 11.5. The molecule has 1 aliphatic heterocycles. The number of amides is 1. The second-order valence-corrected chi connectivity index (χ2v) is 5.53. The Balaban J connectivity index is 1.74. The van der Waals surface area contributed by atoms with Crippen LogP contribution in [0.25, 0.3) is 0 Å². The molecule has 1 aliphatic carbocycles.